The van der Waals surface area contributed by atoms with Crippen LogP contribution in [0.5, 0.6) is 0 Å². The zero-order valence-electron chi connectivity index (χ0n) is 29.9. The van der Waals surface area contributed by atoms with E-state index < -0.39 is 0 Å². The lowest BCUT2D eigenvalue weighted by Crippen LogP contribution is -2.10. The molecule has 11 rings (SSSR count). The lowest BCUT2D eigenvalue weighted by atomic mass is 9.96. The van der Waals surface area contributed by atoms with Gasteiger partial charge in [0.15, 0.2) is 0 Å². The molecular formula is C52H34N2O. The molecule has 0 saturated carbocycles. The summed E-state index contributed by atoms with van der Waals surface area (Å²) in [4.78, 5) is 2.37. The summed E-state index contributed by atoms with van der Waals surface area (Å²) >= 11 is 0. The molecule has 0 unspecified atom stereocenters. The predicted molar refractivity (Wildman–Crippen MR) is 231 cm³/mol. The van der Waals surface area contributed by atoms with Gasteiger partial charge < -0.3 is 13.9 Å². The number of anilines is 3. The Kier molecular flexibility index (Phi) is 7.17. The van der Waals surface area contributed by atoms with Gasteiger partial charge >= 0.3 is 0 Å². The monoisotopic (exact) mass is 702 g/mol. The minimum atomic E-state index is 0.916. The van der Waals surface area contributed by atoms with Crippen LogP contribution in [0.1, 0.15) is 0 Å². The summed E-state index contributed by atoms with van der Waals surface area (Å²) in [5.41, 5.74) is 13.4. The van der Waals surface area contributed by atoms with Crippen molar-refractivity contribution in [1.82, 2.24) is 4.57 Å². The third kappa shape index (κ3) is 5.13. The van der Waals surface area contributed by atoms with Crippen LogP contribution in [0.3, 0.4) is 0 Å². The van der Waals surface area contributed by atoms with E-state index in [0.29, 0.717) is 0 Å². The van der Waals surface area contributed by atoms with E-state index in [4.69, 9.17) is 4.42 Å². The van der Waals surface area contributed by atoms with E-state index in [2.05, 4.69) is 204 Å². The van der Waals surface area contributed by atoms with Crippen molar-refractivity contribution in [3.63, 3.8) is 0 Å². The SMILES string of the molecule is c1ccc(-c2ccc(N(c3ccc(-c4cccc5c4ccc4c6ccccc6oc54)cc3)c3ccc4c(c3)c3ccccc3n4-c3ccccc3)cc2)cc1. The summed E-state index contributed by atoms with van der Waals surface area (Å²) < 4.78 is 8.78. The number of hydrogen-bond donors (Lipinski definition) is 0. The molecule has 0 saturated heterocycles. The van der Waals surface area contributed by atoms with Crippen molar-refractivity contribution < 1.29 is 4.42 Å². The van der Waals surface area contributed by atoms with Crippen LogP contribution in [-0.4, -0.2) is 4.57 Å². The highest BCUT2D eigenvalue weighted by Crippen LogP contribution is 2.42. The molecule has 55 heavy (non-hydrogen) atoms. The standard InChI is InChI=1S/C52H34N2O/c1-3-12-35(13-4-1)36-22-26-39(27-23-36)53(41-30-33-50-48(34-41)44-16-7-9-20-49(44)54(50)38-14-5-2-6-15-38)40-28-24-37(25-29-40)42-18-11-19-46-43(42)31-32-47-45-17-8-10-21-51(45)55-52(46)47/h1-34H. The van der Waals surface area contributed by atoms with Crippen molar-refractivity contribution >= 4 is 71.6 Å². The first-order valence-electron chi connectivity index (χ1n) is 18.8. The number of rotatable bonds is 6. The minimum absolute atomic E-state index is 0.916. The molecule has 258 valence electrons. The normalized spacial score (nSPS) is 11.6. The molecule has 0 atom stereocenters. The maximum absolute atomic E-state index is 6.42. The molecule has 3 nitrogen and oxygen atoms in total. The lowest BCUT2D eigenvalue weighted by Gasteiger charge is -2.26. The van der Waals surface area contributed by atoms with Gasteiger partial charge in [0.05, 0.1) is 11.0 Å². The Hall–Kier alpha value is -7.36. The Labute approximate surface area is 318 Å². The van der Waals surface area contributed by atoms with Gasteiger partial charge in [0.25, 0.3) is 0 Å². The second kappa shape index (κ2) is 12.6. The number of hydrogen-bond acceptors (Lipinski definition) is 2. The third-order valence-corrected chi connectivity index (χ3v) is 11.0. The zero-order valence-corrected chi connectivity index (χ0v) is 29.9. The molecule has 9 aromatic carbocycles. The molecule has 0 aliphatic rings. The van der Waals surface area contributed by atoms with Crippen LogP contribution in [-0.2, 0) is 0 Å². The van der Waals surface area contributed by atoms with Crippen LogP contribution in [0.15, 0.2) is 211 Å². The summed E-state index contributed by atoms with van der Waals surface area (Å²) in [6.45, 7) is 0. The van der Waals surface area contributed by atoms with Crippen molar-refractivity contribution in [1.29, 1.82) is 0 Å². The van der Waals surface area contributed by atoms with E-state index >= 15 is 0 Å². The Morgan fingerprint density at radius 3 is 1.69 bits per heavy atom. The number of aromatic nitrogens is 1. The van der Waals surface area contributed by atoms with E-state index in [1.165, 1.54) is 43.9 Å². The van der Waals surface area contributed by atoms with Crippen LogP contribution in [0.2, 0.25) is 0 Å². The summed E-state index contributed by atoms with van der Waals surface area (Å²) in [6.07, 6.45) is 0. The number of furan rings is 1. The van der Waals surface area contributed by atoms with Gasteiger partial charge in [-0.2, -0.15) is 0 Å². The van der Waals surface area contributed by atoms with Gasteiger partial charge in [-0.15, -0.1) is 0 Å². The first-order chi connectivity index (χ1) is 27.3. The van der Waals surface area contributed by atoms with Crippen molar-refractivity contribution in [3.05, 3.63) is 206 Å². The molecule has 3 heteroatoms. The number of para-hydroxylation sites is 3. The number of benzene rings is 9. The highest BCUT2D eigenvalue weighted by atomic mass is 16.3. The van der Waals surface area contributed by atoms with Gasteiger partial charge in [0.2, 0.25) is 0 Å². The Balaban J connectivity index is 1.05. The smallest absolute Gasteiger partial charge is 0.143 e. The van der Waals surface area contributed by atoms with Gasteiger partial charge in [-0.1, -0.05) is 133 Å². The first kappa shape index (κ1) is 31.2. The summed E-state index contributed by atoms with van der Waals surface area (Å²) in [6, 6.07) is 73.9. The first-order valence-corrected chi connectivity index (χ1v) is 18.8. The van der Waals surface area contributed by atoms with Gasteiger partial charge in [-0.05, 0) is 100 Å². The largest absolute Gasteiger partial charge is 0.455 e. The maximum atomic E-state index is 6.42. The predicted octanol–water partition coefficient (Wildman–Crippen LogP) is 14.6. The average molecular weight is 703 g/mol. The van der Waals surface area contributed by atoms with Gasteiger partial charge in [0, 0.05) is 49.7 Å². The maximum Gasteiger partial charge on any atom is 0.143 e. The number of fused-ring (bicyclic) bond motifs is 8. The molecular weight excluding hydrogens is 669 g/mol. The van der Waals surface area contributed by atoms with E-state index in [-0.39, 0.29) is 0 Å². The molecule has 0 fully saturated rings. The summed E-state index contributed by atoms with van der Waals surface area (Å²) in [5.74, 6) is 0. The van der Waals surface area contributed by atoms with Crippen LogP contribution in [0, 0.1) is 0 Å². The van der Waals surface area contributed by atoms with Crippen molar-refractivity contribution in [2.24, 2.45) is 0 Å². The fourth-order valence-corrected chi connectivity index (χ4v) is 8.42. The molecule has 2 aromatic heterocycles. The van der Waals surface area contributed by atoms with Gasteiger partial charge in [-0.25, -0.2) is 0 Å². The van der Waals surface area contributed by atoms with E-state index in [9.17, 15) is 0 Å². The van der Waals surface area contributed by atoms with Crippen LogP contribution in [0.4, 0.5) is 17.1 Å². The van der Waals surface area contributed by atoms with E-state index in [0.717, 1.165) is 55.6 Å². The Morgan fingerprint density at radius 2 is 0.909 bits per heavy atom. The van der Waals surface area contributed by atoms with Crippen molar-refractivity contribution in [3.8, 4) is 27.9 Å². The molecule has 0 radical (unpaired) electrons. The van der Waals surface area contributed by atoms with Crippen molar-refractivity contribution in [2.75, 3.05) is 4.90 Å². The summed E-state index contributed by atoms with van der Waals surface area (Å²) in [5, 5.41) is 7.04. The van der Waals surface area contributed by atoms with Crippen LogP contribution < -0.4 is 4.90 Å². The molecule has 0 aliphatic carbocycles. The minimum Gasteiger partial charge on any atom is -0.455 e. The molecule has 11 aromatic rings. The average Bonchev–Trinajstić information content (AvgIpc) is 3.81. The topological polar surface area (TPSA) is 21.3 Å². The van der Waals surface area contributed by atoms with Crippen LogP contribution in [0.25, 0.3) is 82.5 Å². The molecule has 0 bridgehead atoms. The quantitative estimate of drug-likeness (QED) is 0.172. The van der Waals surface area contributed by atoms with Gasteiger partial charge in [-0.3, -0.25) is 0 Å². The van der Waals surface area contributed by atoms with Crippen molar-refractivity contribution in [2.45, 2.75) is 0 Å². The molecule has 0 N–H and O–H groups in total. The lowest BCUT2D eigenvalue weighted by molar-refractivity contribution is 0.672. The zero-order chi connectivity index (χ0) is 36.3. The highest BCUT2D eigenvalue weighted by molar-refractivity contribution is 6.17. The fourth-order valence-electron chi connectivity index (χ4n) is 8.42. The molecule has 0 aliphatic heterocycles. The van der Waals surface area contributed by atoms with Gasteiger partial charge in [0.1, 0.15) is 11.2 Å². The second-order valence-electron chi connectivity index (χ2n) is 14.1. The highest BCUT2D eigenvalue weighted by Gasteiger charge is 2.19. The van der Waals surface area contributed by atoms with E-state index in [1.807, 2.05) is 12.1 Å². The summed E-state index contributed by atoms with van der Waals surface area (Å²) in [7, 11) is 0. The Morgan fingerprint density at radius 1 is 0.345 bits per heavy atom. The second-order valence-corrected chi connectivity index (χ2v) is 14.1. The third-order valence-electron chi connectivity index (χ3n) is 11.0. The Bertz CT molecular complexity index is 3180. The number of nitrogens with zero attached hydrogens (tertiary/aromatic N) is 2. The molecule has 0 spiro atoms. The van der Waals surface area contributed by atoms with Crippen LogP contribution >= 0.6 is 0 Å². The molecule has 2 heterocycles. The fraction of sp³-hybridized carbons (Fsp3) is 0. The van der Waals surface area contributed by atoms with E-state index in [1.54, 1.807) is 0 Å². The molecule has 0 amide bonds.